The minimum absolute atomic E-state index is 0. The number of ketones is 2. The van der Waals surface area contributed by atoms with Gasteiger partial charge in [-0.3, -0.25) is 24.2 Å². The highest BCUT2D eigenvalue weighted by Crippen LogP contribution is 2.19. The Morgan fingerprint density at radius 3 is 1.20 bits per heavy atom. The SMILES string of the molecule is CCC(Br)C(=O)Cc1c(C)cccc1C.CCC(Br)C(=O)Cl.CCC(Br)C(=O)O.CCC(C(=O)Cc1c(C)cccc1C)[n+]1ccccc1.Cc1cccc(C)c1N.[Br-].c1ccncc1. The number of carboxylic acid groups (broad SMARTS) is 1. The van der Waals surface area contributed by atoms with Crippen LogP contribution in [0.15, 0.2) is 116 Å². The maximum absolute atomic E-state index is 12.6. The van der Waals surface area contributed by atoms with Crippen LogP contribution < -0.4 is 27.3 Å². The smallest absolute Gasteiger partial charge is 0.317 e. The maximum atomic E-state index is 12.6. The lowest BCUT2D eigenvalue weighted by Gasteiger charge is -2.12. The van der Waals surface area contributed by atoms with Crippen molar-refractivity contribution in [1.29, 1.82) is 0 Å². The van der Waals surface area contributed by atoms with Crippen molar-refractivity contribution in [3.05, 3.63) is 160 Å². The van der Waals surface area contributed by atoms with Crippen molar-refractivity contribution in [3.8, 4) is 0 Å². The van der Waals surface area contributed by atoms with Crippen LogP contribution >= 0.6 is 59.4 Å². The standard InChI is InChI=1S/C18H22NO.C13H17BrO.C8H11N.C5H5N.C4H6BrClO.C4H7BrO2.BrH/c1-4-17(19-11-6-5-7-12-19)18(20)13-16-14(2)9-8-10-15(16)3;1-4-12(14)13(15)8-11-9(2)6-5-7-10(11)3;1-6-4-3-5-7(2)8(6)9;1-2-4-6-5-3-1;2*1-2-3(5)4(6)7;/h5-12,17H,4,13H2,1-3H3;5-7,12H,4,8H2,1-3H3;3-5H,9H2,1-2H3;1-5H;3H,2H2,1H3;3H,2H2,1H3,(H,6,7);1H/q+1;;;;;;/p-1. The number of carboxylic acids is 1. The number of Topliss-reactive ketones (excluding diaryl/α,β-unsaturated/α-hetero) is 2. The first-order chi connectivity index (χ1) is 30.3. The Labute approximate surface area is 429 Å². The van der Waals surface area contributed by atoms with Crippen molar-refractivity contribution in [1.82, 2.24) is 4.98 Å². The summed E-state index contributed by atoms with van der Waals surface area (Å²) < 4.78 is 2.01. The number of hydrogen-bond donors (Lipinski definition) is 2. The zero-order valence-electron chi connectivity index (χ0n) is 39.5. The Bertz CT molecular complexity index is 2020. The maximum Gasteiger partial charge on any atom is 0.317 e. The average molecular weight is 1170 g/mol. The number of aryl methyl sites for hydroxylation is 6. The number of rotatable bonds is 13. The molecule has 0 amide bonds. The van der Waals surface area contributed by atoms with Gasteiger partial charge >= 0.3 is 5.97 Å². The predicted molar refractivity (Wildman–Crippen MR) is 277 cm³/mol. The molecule has 0 bridgehead atoms. The van der Waals surface area contributed by atoms with Crippen LogP contribution in [0.25, 0.3) is 0 Å². The van der Waals surface area contributed by atoms with Gasteiger partial charge in [0.25, 0.3) is 0 Å². The van der Waals surface area contributed by atoms with Gasteiger partial charge in [-0.2, -0.15) is 4.57 Å². The third kappa shape index (κ3) is 26.4. The summed E-state index contributed by atoms with van der Waals surface area (Å²) in [6.07, 6.45) is 11.6. The fourth-order valence-corrected chi connectivity index (χ4v) is 6.08. The van der Waals surface area contributed by atoms with Crippen molar-refractivity contribution < 1.29 is 45.8 Å². The van der Waals surface area contributed by atoms with Crippen LogP contribution in [0.3, 0.4) is 0 Å². The highest BCUT2D eigenvalue weighted by Gasteiger charge is 2.25. The van der Waals surface area contributed by atoms with Gasteiger partial charge in [0.1, 0.15) is 4.83 Å². The molecule has 13 heteroatoms. The lowest BCUT2D eigenvalue weighted by Crippen LogP contribution is -3.00. The second kappa shape index (κ2) is 36.6. The number of nitrogens with zero attached hydrogens (tertiary/aromatic N) is 2. The Balaban J connectivity index is 0. The molecule has 2 aromatic heterocycles. The number of aromatic nitrogens is 2. The third-order valence-corrected chi connectivity index (χ3v) is 13.7. The monoisotopic (exact) mass is 1170 g/mol. The molecule has 0 aliphatic carbocycles. The molecule has 0 saturated carbocycles. The molecular weight excluding hydrogens is 1100 g/mol. The number of nitrogens with two attached hydrogens (primary N) is 1. The number of aliphatic carboxylic acids is 1. The largest absolute Gasteiger partial charge is 1.00 e. The number of para-hydroxylation sites is 1. The van der Waals surface area contributed by atoms with Crippen molar-refractivity contribution in [2.45, 2.75) is 128 Å². The molecule has 2 heterocycles. The van der Waals surface area contributed by atoms with E-state index in [2.05, 4.69) is 112 Å². The van der Waals surface area contributed by atoms with E-state index in [0.29, 0.717) is 19.3 Å². The molecule has 0 aliphatic rings. The Morgan fingerprint density at radius 2 is 0.938 bits per heavy atom. The summed E-state index contributed by atoms with van der Waals surface area (Å²) in [5.41, 5.74) is 16.1. The summed E-state index contributed by atoms with van der Waals surface area (Å²) in [6, 6.07) is 29.9. The number of anilines is 1. The highest BCUT2D eigenvalue weighted by molar-refractivity contribution is 9.10. The van der Waals surface area contributed by atoms with Gasteiger partial charge in [-0.05, 0) is 129 Å². The fraction of sp³-hybridized carbons (Fsp3) is 0.385. The molecule has 0 saturated heterocycles. The van der Waals surface area contributed by atoms with E-state index in [9.17, 15) is 19.2 Å². The minimum Gasteiger partial charge on any atom is -1.00 e. The molecule has 4 atom stereocenters. The quantitative estimate of drug-likeness (QED) is 0.0520. The lowest BCUT2D eigenvalue weighted by molar-refractivity contribution is -0.709. The molecule has 0 spiro atoms. The molecule has 356 valence electrons. The number of carbonyl (C=O) groups excluding carboxylic acids is 3. The van der Waals surface area contributed by atoms with Crippen LogP contribution in [0.2, 0.25) is 0 Å². The van der Waals surface area contributed by atoms with E-state index in [1.54, 1.807) is 12.4 Å². The third-order valence-electron chi connectivity index (χ3n) is 9.90. The van der Waals surface area contributed by atoms with Crippen LogP contribution in [-0.2, 0) is 32.0 Å². The number of pyridine rings is 2. The Morgan fingerprint density at radius 1 is 0.569 bits per heavy atom. The van der Waals surface area contributed by atoms with Crippen molar-refractivity contribution in [2.75, 3.05) is 5.73 Å². The number of halogens is 5. The first-order valence-corrected chi connectivity index (χ1v) is 24.5. The van der Waals surface area contributed by atoms with Gasteiger partial charge in [-0.15, -0.1) is 0 Å². The van der Waals surface area contributed by atoms with Gasteiger partial charge in [0.15, 0.2) is 18.2 Å². The lowest BCUT2D eigenvalue weighted by atomic mass is 9.95. The second-order valence-electron chi connectivity index (χ2n) is 14.9. The van der Waals surface area contributed by atoms with Crippen LogP contribution in [0.5, 0.6) is 0 Å². The number of carbonyl (C=O) groups is 4. The first kappa shape index (κ1) is 63.5. The van der Waals surface area contributed by atoms with Gasteiger partial charge in [0.05, 0.1) is 9.65 Å². The molecule has 65 heavy (non-hydrogen) atoms. The topological polar surface area (TPSA) is 131 Å². The van der Waals surface area contributed by atoms with E-state index >= 15 is 0 Å². The zero-order valence-corrected chi connectivity index (χ0v) is 46.6. The second-order valence-corrected chi connectivity index (χ2v) is 18.6. The Hall–Kier alpha value is -3.55. The van der Waals surface area contributed by atoms with Crippen molar-refractivity contribution >= 4 is 87.9 Å². The highest BCUT2D eigenvalue weighted by atomic mass is 79.9. The number of hydrogen-bond acceptors (Lipinski definition) is 6. The van der Waals surface area contributed by atoms with Crippen LogP contribution in [0, 0.1) is 41.5 Å². The molecule has 0 fully saturated rings. The summed E-state index contributed by atoms with van der Waals surface area (Å²) in [5, 5.41) is 7.82. The van der Waals surface area contributed by atoms with E-state index in [-0.39, 0.29) is 54.3 Å². The Kier molecular flexibility index (Phi) is 35.7. The number of alkyl halides is 3. The van der Waals surface area contributed by atoms with Gasteiger partial charge in [0.2, 0.25) is 17.1 Å². The summed E-state index contributed by atoms with van der Waals surface area (Å²) in [5.74, 6) is -0.237. The molecule has 8 nitrogen and oxygen atoms in total. The fourth-order valence-electron chi connectivity index (χ4n) is 5.76. The van der Waals surface area contributed by atoms with Crippen LogP contribution in [-0.4, -0.2) is 47.4 Å². The molecule has 4 unspecified atom stereocenters. The zero-order chi connectivity index (χ0) is 48.8. The van der Waals surface area contributed by atoms with E-state index in [1.807, 2.05) is 118 Å². The van der Waals surface area contributed by atoms with Gasteiger partial charge < -0.3 is 27.8 Å². The molecule has 3 N–H and O–H groups in total. The van der Waals surface area contributed by atoms with E-state index < -0.39 is 5.97 Å². The normalized spacial score (nSPS) is 11.6. The average Bonchev–Trinajstić information content (AvgIpc) is 3.29. The van der Waals surface area contributed by atoms with E-state index in [1.165, 1.54) is 33.4 Å². The number of nitrogen functional groups attached to an aromatic ring is 1. The summed E-state index contributed by atoms with van der Waals surface area (Å²) in [7, 11) is 0. The summed E-state index contributed by atoms with van der Waals surface area (Å²) >= 11 is 14.4. The first-order valence-electron chi connectivity index (χ1n) is 21.4. The molecular formula is C52H68Br4ClN3O5. The minimum atomic E-state index is -0.789. The van der Waals surface area contributed by atoms with E-state index in [0.717, 1.165) is 36.1 Å². The molecule has 5 aromatic rings. The van der Waals surface area contributed by atoms with E-state index in [4.69, 9.17) is 22.4 Å². The van der Waals surface area contributed by atoms with Gasteiger partial charge in [-0.25, -0.2) is 0 Å². The van der Waals surface area contributed by atoms with Gasteiger partial charge in [-0.1, -0.05) is 142 Å². The van der Waals surface area contributed by atoms with Crippen molar-refractivity contribution in [3.63, 3.8) is 0 Å². The van der Waals surface area contributed by atoms with Crippen molar-refractivity contribution in [2.24, 2.45) is 0 Å². The molecule has 0 aliphatic heterocycles. The predicted octanol–water partition coefficient (Wildman–Crippen LogP) is 10.1. The summed E-state index contributed by atoms with van der Waals surface area (Å²) in [4.78, 5) is 47.7. The van der Waals surface area contributed by atoms with Gasteiger partial charge in [0, 0.05) is 49.5 Å². The van der Waals surface area contributed by atoms with Crippen LogP contribution in [0.4, 0.5) is 5.69 Å². The molecule has 5 rings (SSSR count). The molecule has 0 radical (unpaired) electrons. The van der Waals surface area contributed by atoms with Crippen LogP contribution in [0.1, 0.15) is 104 Å². The number of benzene rings is 3. The molecule has 3 aromatic carbocycles. The summed E-state index contributed by atoms with van der Waals surface area (Å²) in [6.45, 7) is 20.1.